The van der Waals surface area contributed by atoms with Crippen LogP contribution in [0.2, 0.25) is 0 Å². The number of rotatable bonds is 3. The van der Waals surface area contributed by atoms with Gasteiger partial charge in [0.05, 0.1) is 25.2 Å². The first-order valence-electron chi connectivity index (χ1n) is 9.00. The van der Waals surface area contributed by atoms with E-state index in [1.54, 1.807) is 18.5 Å². The number of ether oxygens (including phenoxy) is 1. The molecular formula is C21H17FN4O2. The number of aromatic nitrogens is 4. The summed E-state index contributed by atoms with van der Waals surface area (Å²) >= 11 is 0. The molecule has 6 nitrogen and oxygen atoms in total. The maximum atomic E-state index is 14.1. The minimum Gasteiger partial charge on any atom is -0.365 e. The molecule has 0 bridgehead atoms. The van der Waals surface area contributed by atoms with Crippen LogP contribution in [0.4, 0.5) is 4.39 Å². The minimum atomic E-state index is -0.360. The zero-order chi connectivity index (χ0) is 19.1. The number of imidazole rings is 1. The SMILES string of the molecule is Cc1cccc(-c2noc(-c3ncn4c3COC(c3ccccc3F)C4)n2)c1. The molecule has 0 amide bonds. The van der Waals surface area contributed by atoms with Gasteiger partial charge in [0.2, 0.25) is 5.82 Å². The van der Waals surface area contributed by atoms with E-state index in [4.69, 9.17) is 9.26 Å². The van der Waals surface area contributed by atoms with Gasteiger partial charge in [0.25, 0.3) is 5.89 Å². The van der Waals surface area contributed by atoms with Gasteiger partial charge in [0.1, 0.15) is 11.9 Å². The Bertz CT molecular complexity index is 1150. The number of benzene rings is 2. The molecule has 0 radical (unpaired) electrons. The number of fused-ring (bicyclic) bond motifs is 1. The van der Waals surface area contributed by atoms with Gasteiger partial charge in [-0.05, 0) is 19.1 Å². The average Bonchev–Trinajstić information content (AvgIpc) is 3.35. The van der Waals surface area contributed by atoms with Crippen LogP contribution in [0.5, 0.6) is 0 Å². The van der Waals surface area contributed by atoms with Crippen molar-refractivity contribution in [3.05, 3.63) is 77.5 Å². The average molecular weight is 376 g/mol. The van der Waals surface area contributed by atoms with Gasteiger partial charge in [0.15, 0.2) is 5.69 Å². The van der Waals surface area contributed by atoms with Crippen molar-refractivity contribution in [3.8, 4) is 23.0 Å². The Morgan fingerprint density at radius 1 is 1.14 bits per heavy atom. The van der Waals surface area contributed by atoms with Gasteiger partial charge in [-0.1, -0.05) is 47.1 Å². The van der Waals surface area contributed by atoms with Crippen LogP contribution in [0, 0.1) is 12.7 Å². The second kappa shape index (κ2) is 6.69. The lowest BCUT2D eigenvalue weighted by molar-refractivity contribution is 0.00126. The maximum Gasteiger partial charge on any atom is 0.278 e. The molecule has 1 unspecified atom stereocenters. The van der Waals surface area contributed by atoms with Crippen LogP contribution in [-0.4, -0.2) is 19.7 Å². The fourth-order valence-electron chi connectivity index (χ4n) is 3.45. The van der Waals surface area contributed by atoms with Crippen LogP contribution in [0.15, 0.2) is 59.4 Å². The van der Waals surface area contributed by atoms with Crippen molar-refractivity contribution in [2.45, 2.75) is 26.2 Å². The van der Waals surface area contributed by atoms with Crippen molar-refractivity contribution in [1.29, 1.82) is 0 Å². The Kier molecular flexibility index (Phi) is 4.02. The molecule has 1 aliphatic rings. The highest BCUT2D eigenvalue weighted by Crippen LogP contribution is 2.32. The fourth-order valence-corrected chi connectivity index (χ4v) is 3.45. The van der Waals surface area contributed by atoms with E-state index in [2.05, 4.69) is 15.1 Å². The summed E-state index contributed by atoms with van der Waals surface area (Å²) in [6.45, 7) is 2.78. The van der Waals surface area contributed by atoms with E-state index in [0.717, 1.165) is 16.8 Å². The molecule has 0 N–H and O–H groups in total. The molecule has 7 heteroatoms. The first-order valence-corrected chi connectivity index (χ1v) is 9.00. The third kappa shape index (κ3) is 2.90. The minimum absolute atomic E-state index is 0.268. The fraction of sp³-hybridized carbons (Fsp3) is 0.190. The van der Waals surface area contributed by atoms with Crippen molar-refractivity contribution in [2.24, 2.45) is 0 Å². The predicted molar refractivity (Wildman–Crippen MR) is 99.6 cm³/mol. The summed E-state index contributed by atoms with van der Waals surface area (Å²) < 4.78 is 27.4. The monoisotopic (exact) mass is 376 g/mol. The van der Waals surface area contributed by atoms with Crippen molar-refractivity contribution in [2.75, 3.05) is 0 Å². The molecule has 1 aliphatic heterocycles. The summed E-state index contributed by atoms with van der Waals surface area (Å²) in [6.07, 6.45) is 1.35. The second-order valence-electron chi connectivity index (χ2n) is 6.81. The van der Waals surface area contributed by atoms with Gasteiger partial charge in [-0.25, -0.2) is 9.37 Å². The zero-order valence-electron chi connectivity index (χ0n) is 15.2. The van der Waals surface area contributed by atoms with Crippen molar-refractivity contribution in [1.82, 2.24) is 19.7 Å². The quantitative estimate of drug-likeness (QED) is 0.533. The van der Waals surface area contributed by atoms with E-state index in [-0.39, 0.29) is 18.5 Å². The highest BCUT2D eigenvalue weighted by Gasteiger charge is 2.27. The molecule has 0 spiro atoms. The van der Waals surface area contributed by atoms with Crippen molar-refractivity contribution in [3.63, 3.8) is 0 Å². The zero-order valence-corrected chi connectivity index (χ0v) is 15.2. The van der Waals surface area contributed by atoms with E-state index < -0.39 is 0 Å². The number of aryl methyl sites for hydroxylation is 1. The van der Waals surface area contributed by atoms with Crippen LogP contribution in [-0.2, 0) is 17.9 Å². The molecular weight excluding hydrogens is 359 g/mol. The Morgan fingerprint density at radius 3 is 2.89 bits per heavy atom. The topological polar surface area (TPSA) is 66.0 Å². The number of hydrogen-bond donors (Lipinski definition) is 0. The van der Waals surface area contributed by atoms with Gasteiger partial charge in [0, 0.05) is 11.1 Å². The van der Waals surface area contributed by atoms with Crippen molar-refractivity contribution < 1.29 is 13.7 Å². The largest absolute Gasteiger partial charge is 0.365 e. The van der Waals surface area contributed by atoms with E-state index in [1.165, 1.54) is 6.07 Å². The summed E-state index contributed by atoms with van der Waals surface area (Å²) in [5.41, 5.74) is 3.99. The first-order chi connectivity index (χ1) is 13.7. The number of halogens is 1. The summed E-state index contributed by atoms with van der Waals surface area (Å²) in [5.74, 6) is 0.593. The molecule has 1 atom stereocenters. The molecule has 4 aromatic rings. The molecule has 0 saturated carbocycles. The Balaban J connectivity index is 1.44. The van der Waals surface area contributed by atoms with Gasteiger partial charge >= 0.3 is 0 Å². The highest BCUT2D eigenvalue weighted by atomic mass is 19.1. The second-order valence-corrected chi connectivity index (χ2v) is 6.81. The molecule has 28 heavy (non-hydrogen) atoms. The van der Waals surface area contributed by atoms with Gasteiger partial charge < -0.3 is 13.8 Å². The van der Waals surface area contributed by atoms with Crippen LogP contribution < -0.4 is 0 Å². The summed E-state index contributed by atoms with van der Waals surface area (Å²) in [5, 5.41) is 4.08. The standard InChI is InChI=1S/C21H17FN4O2/c1-13-5-4-6-14(9-13)20-24-21(28-25-20)19-17-11-27-18(10-26(17)12-23-19)15-7-2-3-8-16(15)22/h2-9,12,18H,10-11H2,1H3. The molecule has 0 saturated heterocycles. The normalized spacial score (nSPS) is 16.1. The molecule has 0 fully saturated rings. The van der Waals surface area contributed by atoms with E-state index in [9.17, 15) is 4.39 Å². The summed E-state index contributed by atoms with van der Waals surface area (Å²) in [7, 11) is 0. The smallest absolute Gasteiger partial charge is 0.278 e. The van der Waals surface area contributed by atoms with Crippen LogP contribution in [0.1, 0.15) is 22.9 Å². The molecule has 2 aromatic carbocycles. The molecule has 0 aliphatic carbocycles. The lowest BCUT2D eigenvalue weighted by atomic mass is 10.1. The van der Waals surface area contributed by atoms with Gasteiger partial charge in [-0.3, -0.25) is 0 Å². The van der Waals surface area contributed by atoms with E-state index in [1.807, 2.05) is 41.8 Å². The summed E-state index contributed by atoms with van der Waals surface area (Å²) in [6, 6.07) is 14.6. The highest BCUT2D eigenvalue weighted by molar-refractivity contribution is 5.59. The van der Waals surface area contributed by atoms with Crippen LogP contribution in [0.25, 0.3) is 23.0 Å². The molecule has 3 heterocycles. The van der Waals surface area contributed by atoms with Crippen molar-refractivity contribution >= 4 is 0 Å². The maximum absolute atomic E-state index is 14.1. The van der Waals surface area contributed by atoms with E-state index >= 15 is 0 Å². The van der Waals surface area contributed by atoms with Crippen LogP contribution >= 0.6 is 0 Å². The molecule has 2 aromatic heterocycles. The van der Waals surface area contributed by atoms with Crippen LogP contribution in [0.3, 0.4) is 0 Å². The third-order valence-electron chi connectivity index (χ3n) is 4.89. The summed E-state index contributed by atoms with van der Waals surface area (Å²) in [4.78, 5) is 8.93. The molecule has 140 valence electrons. The molecule has 5 rings (SSSR count). The Morgan fingerprint density at radius 2 is 2.04 bits per heavy atom. The predicted octanol–water partition coefficient (Wildman–Crippen LogP) is 4.32. The van der Waals surface area contributed by atoms with Gasteiger partial charge in [-0.15, -0.1) is 0 Å². The lowest BCUT2D eigenvalue weighted by Gasteiger charge is -2.25. The Hall–Kier alpha value is -3.32. The number of nitrogens with zero attached hydrogens (tertiary/aromatic N) is 4. The Labute approximate surface area is 160 Å². The lowest BCUT2D eigenvalue weighted by Crippen LogP contribution is -2.21. The number of hydrogen-bond acceptors (Lipinski definition) is 5. The third-order valence-corrected chi connectivity index (χ3v) is 4.89. The van der Waals surface area contributed by atoms with Gasteiger partial charge in [-0.2, -0.15) is 4.98 Å². The van der Waals surface area contributed by atoms with E-state index in [0.29, 0.717) is 29.5 Å². The first kappa shape index (κ1) is 16.8.